The Bertz CT molecular complexity index is 581. The second-order valence-corrected chi connectivity index (χ2v) is 7.23. The minimum absolute atomic E-state index is 0.110. The summed E-state index contributed by atoms with van der Waals surface area (Å²) in [6.07, 6.45) is 0. The molecule has 0 saturated heterocycles. The molecule has 1 aliphatic heterocycles. The van der Waals surface area contributed by atoms with Crippen molar-refractivity contribution < 1.29 is 8.42 Å². The van der Waals surface area contributed by atoms with Crippen molar-refractivity contribution in [3.63, 3.8) is 0 Å². The summed E-state index contributed by atoms with van der Waals surface area (Å²) in [5, 5.41) is 9.11. The molecule has 1 aromatic rings. The van der Waals surface area contributed by atoms with E-state index in [9.17, 15) is 8.42 Å². The summed E-state index contributed by atoms with van der Waals surface area (Å²) in [5.74, 6) is 1.60. The average molecular weight is 299 g/mol. The number of primary sulfonamides is 1. The van der Waals surface area contributed by atoms with E-state index < -0.39 is 10.0 Å². The summed E-state index contributed by atoms with van der Waals surface area (Å²) in [7, 11) is -3.63. The number of nitrogens with zero attached hydrogens (tertiary/aromatic N) is 1. The number of hydrogen-bond acceptors (Lipinski definition) is 5. The maximum absolute atomic E-state index is 11.1. The van der Waals surface area contributed by atoms with Gasteiger partial charge in [0, 0.05) is 11.4 Å². The summed E-state index contributed by atoms with van der Waals surface area (Å²) in [6.45, 7) is 4.27. The van der Waals surface area contributed by atoms with E-state index >= 15 is 0 Å². The van der Waals surface area contributed by atoms with Crippen molar-refractivity contribution in [3.05, 3.63) is 24.3 Å². The molecule has 0 spiro atoms. The van der Waals surface area contributed by atoms with E-state index in [1.807, 2.05) is 0 Å². The van der Waals surface area contributed by atoms with E-state index in [1.54, 1.807) is 23.9 Å². The topological polar surface area (TPSA) is 84.5 Å². The van der Waals surface area contributed by atoms with E-state index in [2.05, 4.69) is 24.2 Å². The molecular formula is C12H17N3O2S2. The number of sulfonamides is 1. The van der Waals surface area contributed by atoms with Crippen molar-refractivity contribution in [2.24, 2.45) is 16.0 Å². The van der Waals surface area contributed by atoms with E-state index in [-0.39, 0.29) is 4.90 Å². The van der Waals surface area contributed by atoms with Gasteiger partial charge in [0.15, 0.2) is 5.17 Å². The summed E-state index contributed by atoms with van der Waals surface area (Å²) in [4.78, 5) is 4.66. The molecule has 7 heteroatoms. The normalized spacial score (nSPS) is 23.8. The van der Waals surface area contributed by atoms with Crippen LogP contribution in [0.3, 0.4) is 0 Å². The van der Waals surface area contributed by atoms with Gasteiger partial charge >= 0.3 is 0 Å². The highest BCUT2D eigenvalue weighted by Crippen LogP contribution is 2.24. The van der Waals surface area contributed by atoms with Gasteiger partial charge < -0.3 is 5.32 Å². The molecule has 0 amide bonds. The van der Waals surface area contributed by atoms with E-state index in [4.69, 9.17) is 5.14 Å². The van der Waals surface area contributed by atoms with Crippen LogP contribution >= 0.6 is 11.8 Å². The Morgan fingerprint density at radius 2 is 1.95 bits per heavy atom. The molecule has 19 heavy (non-hydrogen) atoms. The monoisotopic (exact) mass is 299 g/mol. The maximum Gasteiger partial charge on any atom is 0.238 e. The fraction of sp³-hybridized carbons (Fsp3) is 0.417. The third-order valence-corrected chi connectivity index (χ3v) is 5.16. The van der Waals surface area contributed by atoms with Crippen molar-refractivity contribution in [2.75, 3.05) is 11.1 Å². The van der Waals surface area contributed by atoms with E-state index in [0.717, 1.165) is 16.6 Å². The lowest BCUT2D eigenvalue weighted by Gasteiger charge is -2.23. The smallest absolute Gasteiger partial charge is 0.238 e. The number of anilines is 1. The Hall–Kier alpha value is -1.05. The molecule has 0 bridgehead atoms. The van der Waals surface area contributed by atoms with Crippen LogP contribution in [0, 0.1) is 5.92 Å². The lowest BCUT2D eigenvalue weighted by Crippen LogP contribution is -2.25. The Morgan fingerprint density at radius 1 is 1.32 bits per heavy atom. The lowest BCUT2D eigenvalue weighted by atomic mass is 10.1. The molecule has 0 aromatic heterocycles. The van der Waals surface area contributed by atoms with Crippen molar-refractivity contribution in [1.82, 2.24) is 0 Å². The number of thioether (sulfide) groups is 1. The number of benzene rings is 1. The van der Waals surface area contributed by atoms with Gasteiger partial charge in [-0.15, -0.1) is 0 Å². The Labute approximate surface area is 117 Å². The van der Waals surface area contributed by atoms with Gasteiger partial charge in [-0.1, -0.05) is 18.7 Å². The summed E-state index contributed by atoms with van der Waals surface area (Å²) in [6, 6.07) is 6.64. The quantitative estimate of drug-likeness (QED) is 0.873. The first kappa shape index (κ1) is 14.4. The lowest BCUT2D eigenvalue weighted by molar-refractivity contribution is 0.537. The molecule has 1 heterocycles. The first-order valence-corrected chi connectivity index (χ1v) is 8.50. The molecule has 5 nitrogen and oxygen atoms in total. The molecule has 3 N–H and O–H groups in total. The van der Waals surface area contributed by atoms with Gasteiger partial charge in [-0.3, -0.25) is 4.99 Å². The Morgan fingerprint density at radius 3 is 2.47 bits per heavy atom. The number of aliphatic imine (C=N–C) groups is 1. The zero-order valence-electron chi connectivity index (χ0n) is 10.8. The maximum atomic E-state index is 11.1. The highest BCUT2D eigenvalue weighted by molar-refractivity contribution is 8.14. The second-order valence-electron chi connectivity index (χ2n) is 4.66. The van der Waals surface area contributed by atoms with Crippen LogP contribution in [0.5, 0.6) is 0 Å². The number of nitrogens with two attached hydrogens (primary N) is 1. The number of hydrogen-bond donors (Lipinski definition) is 2. The molecule has 0 saturated carbocycles. The molecule has 0 aliphatic carbocycles. The fourth-order valence-corrected chi connectivity index (χ4v) is 3.26. The van der Waals surface area contributed by atoms with E-state index in [0.29, 0.717) is 12.0 Å². The van der Waals surface area contributed by atoms with Crippen molar-refractivity contribution >= 4 is 32.6 Å². The highest BCUT2D eigenvalue weighted by atomic mass is 32.2. The van der Waals surface area contributed by atoms with Gasteiger partial charge in [0.2, 0.25) is 10.0 Å². The number of nitrogens with one attached hydrogen (secondary N) is 1. The van der Waals surface area contributed by atoms with Gasteiger partial charge in [-0.25, -0.2) is 13.6 Å². The van der Waals surface area contributed by atoms with Crippen LogP contribution in [-0.4, -0.2) is 25.4 Å². The molecule has 2 unspecified atom stereocenters. The predicted octanol–water partition coefficient (Wildman–Crippen LogP) is 1.87. The van der Waals surface area contributed by atoms with Gasteiger partial charge in [0.25, 0.3) is 0 Å². The van der Waals surface area contributed by atoms with Crippen LogP contribution in [0.25, 0.3) is 0 Å². The third kappa shape index (κ3) is 3.71. The van der Waals surface area contributed by atoms with Gasteiger partial charge in [0.1, 0.15) is 0 Å². The van der Waals surface area contributed by atoms with Crippen LogP contribution in [0.2, 0.25) is 0 Å². The first-order chi connectivity index (χ1) is 8.86. The summed E-state index contributed by atoms with van der Waals surface area (Å²) < 4.78 is 22.3. The molecule has 2 rings (SSSR count). The Kier molecular flexibility index (Phi) is 4.17. The average Bonchev–Trinajstić information content (AvgIpc) is 2.33. The van der Waals surface area contributed by atoms with Crippen molar-refractivity contribution in [3.8, 4) is 0 Å². The van der Waals surface area contributed by atoms with Gasteiger partial charge in [-0.2, -0.15) is 0 Å². The zero-order chi connectivity index (χ0) is 14.0. The predicted molar refractivity (Wildman–Crippen MR) is 80.0 cm³/mol. The fourth-order valence-electron chi connectivity index (χ4n) is 1.62. The molecule has 104 valence electrons. The van der Waals surface area contributed by atoms with Crippen LogP contribution in [0.1, 0.15) is 13.8 Å². The minimum atomic E-state index is -3.63. The van der Waals surface area contributed by atoms with Gasteiger partial charge in [0.05, 0.1) is 10.9 Å². The van der Waals surface area contributed by atoms with Crippen LogP contribution in [0.15, 0.2) is 34.2 Å². The zero-order valence-corrected chi connectivity index (χ0v) is 12.5. The summed E-state index contributed by atoms with van der Waals surface area (Å²) >= 11 is 1.68. The molecule has 1 aromatic carbocycles. The third-order valence-electron chi connectivity index (χ3n) is 3.06. The van der Waals surface area contributed by atoms with Crippen LogP contribution in [0.4, 0.5) is 5.69 Å². The largest absolute Gasteiger partial charge is 0.335 e. The Balaban J connectivity index is 2.11. The SMILES string of the molecule is CC1CSC(Nc2ccc(S(N)(=O)=O)cc2)=NC1C. The summed E-state index contributed by atoms with van der Waals surface area (Å²) in [5.41, 5.74) is 0.806. The standard InChI is InChI=1S/C12H17N3O2S2/c1-8-7-18-12(14-9(8)2)15-10-3-5-11(6-4-10)19(13,16)17/h3-6,8-9H,7H2,1-2H3,(H,14,15)(H2,13,16,17). The van der Waals surface area contributed by atoms with Gasteiger partial charge in [-0.05, 0) is 37.1 Å². The molecule has 1 aliphatic rings. The second kappa shape index (κ2) is 5.52. The highest BCUT2D eigenvalue weighted by Gasteiger charge is 2.19. The number of rotatable bonds is 2. The molecule has 0 fully saturated rings. The van der Waals surface area contributed by atoms with Crippen LogP contribution < -0.4 is 10.5 Å². The van der Waals surface area contributed by atoms with Crippen LogP contribution in [-0.2, 0) is 10.0 Å². The van der Waals surface area contributed by atoms with Crippen molar-refractivity contribution in [2.45, 2.75) is 24.8 Å². The first-order valence-electron chi connectivity index (χ1n) is 5.97. The number of amidine groups is 1. The molecule has 0 radical (unpaired) electrons. The molecule has 2 atom stereocenters. The van der Waals surface area contributed by atoms with Crippen molar-refractivity contribution in [1.29, 1.82) is 0 Å². The minimum Gasteiger partial charge on any atom is -0.335 e. The molecular weight excluding hydrogens is 282 g/mol. The van der Waals surface area contributed by atoms with E-state index in [1.165, 1.54) is 12.1 Å².